The summed E-state index contributed by atoms with van der Waals surface area (Å²) < 4.78 is 28.1. The Morgan fingerprint density at radius 1 is 1.24 bits per heavy atom. The molecule has 1 atom stereocenters. The molecule has 0 spiro atoms. The van der Waals surface area contributed by atoms with Crippen LogP contribution in [-0.2, 0) is 10.0 Å². The Kier molecular flexibility index (Phi) is 3.97. The maximum Gasteiger partial charge on any atom is 0.240 e. The summed E-state index contributed by atoms with van der Waals surface area (Å²) in [4.78, 5) is -0.0731. The van der Waals surface area contributed by atoms with Crippen LogP contribution in [0, 0.1) is 13.8 Å². The molecule has 1 unspecified atom stereocenters. The fraction of sp³-hybridized carbons (Fsp3) is 0.286. The summed E-state index contributed by atoms with van der Waals surface area (Å²) in [6, 6.07) is 6.55. The fourth-order valence-corrected chi connectivity index (χ4v) is 2.95. The maximum absolute atomic E-state index is 11.3. The molecule has 0 aliphatic heterocycles. The molecule has 5 N–H and O–H groups in total. The van der Waals surface area contributed by atoms with Crippen LogP contribution in [0.15, 0.2) is 33.6 Å². The zero-order valence-electron chi connectivity index (χ0n) is 12.2. The van der Waals surface area contributed by atoms with Gasteiger partial charge in [-0.15, -0.1) is 0 Å². The number of furan rings is 1. The highest BCUT2D eigenvalue weighted by Gasteiger charge is 2.15. The van der Waals surface area contributed by atoms with E-state index >= 15 is 0 Å². The summed E-state index contributed by atoms with van der Waals surface area (Å²) in [5.74, 6) is 1.70. The van der Waals surface area contributed by atoms with Gasteiger partial charge in [-0.2, -0.15) is 0 Å². The largest absolute Gasteiger partial charge is 0.466 e. The Hall–Kier alpha value is -1.99. The van der Waals surface area contributed by atoms with Crippen LogP contribution in [0.25, 0.3) is 0 Å². The number of sulfonamides is 1. The molecule has 1 heterocycles. The van der Waals surface area contributed by atoms with Gasteiger partial charge in [-0.1, -0.05) is 0 Å². The normalized spacial score (nSPS) is 13.1. The third-order valence-electron chi connectivity index (χ3n) is 3.25. The lowest BCUT2D eigenvalue weighted by molar-refractivity contribution is 0.500. The first kappa shape index (κ1) is 15.4. The summed E-state index contributed by atoms with van der Waals surface area (Å²) in [5.41, 5.74) is 7.62. The van der Waals surface area contributed by atoms with Gasteiger partial charge in [0, 0.05) is 11.3 Å². The molecule has 1 aromatic heterocycles. The standard InChI is InChI=1S/C14H19N3O3S/c1-8-6-12(10(3)20-8)9(2)17-11-4-5-14(13(15)7-11)21(16,18)19/h4-7,9,17H,15H2,1-3H3,(H2,16,18,19). The highest BCUT2D eigenvalue weighted by atomic mass is 32.2. The van der Waals surface area contributed by atoms with Gasteiger partial charge in [0.2, 0.25) is 10.0 Å². The van der Waals surface area contributed by atoms with E-state index in [9.17, 15) is 8.42 Å². The molecule has 2 aromatic rings. The number of hydrogen-bond donors (Lipinski definition) is 3. The number of nitrogen functional groups attached to an aromatic ring is 1. The summed E-state index contributed by atoms with van der Waals surface area (Å²) in [7, 11) is -3.80. The molecule has 0 saturated carbocycles. The van der Waals surface area contributed by atoms with Crippen LogP contribution in [0.3, 0.4) is 0 Å². The van der Waals surface area contributed by atoms with Gasteiger partial charge < -0.3 is 15.5 Å². The predicted octanol–water partition coefficient (Wildman–Crippen LogP) is 2.30. The lowest BCUT2D eigenvalue weighted by Crippen LogP contribution is -2.15. The van der Waals surface area contributed by atoms with Gasteiger partial charge in [-0.25, -0.2) is 13.6 Å². The molecule has 2 rings (SSSR count). The second kappa shape index (κ2) is 5.42. The van der Waals surface area contributed by atoms with Crippen molar-refractivity contribution < 1.29 is 12.8 Å². The van der Waals surface area contributed by atoms with Crippen LogP contribution in [0.4, 0.5) is 11.4 Å². The Morgan fingerprint density at radius 3 is 2.38 bits per heavy atom. The van der Waals surface area contributed by atoms with E-state index in [1.54, 1.807) is 12.1 Å². The molecule has 0 fully saturated rings. The minimum atomic E-state index is -3.80. The van der Waals surface area contributed by atoms with Gasteiger partial charge in [0.05, 0.1) is 11.7 Å². The van der Waals surface area contributed by atoms with Crippen LogP contribution >= 0.6 is 0 Å². The van der Waals surface area contributed by atoms with Crippen molar-refractivity contribution >= 4 is 21.4 Å². The smallest absolute Gasteiger partial charge is 0.240 e. The molecule has 0 radical (unpaired) electrons. The summed E-state index contributed by atoms with van der Waals surface area (Å²) in [6.07, 6.45) is 0. The second-order valence-corrected chi connectivity index (χ2v) is 6.56. The average Bonchev–Trinajstić information content (AvgIpc) is 2.67. The van der Waals surface area contributed by atoms with Crippen molar-refractivity contribution in [3.05, 3.63) is 41.3 Å². The topological polar surface area (TPSA) is 111 Å². The van der Waals surface area contributed by atoms with E-state index in [1.165, 1.54) is 6.07 Å². The molecule has 0 aliphatic rings. The number of nitrogens with two attached hydrogens (primary N) is 2. The third kappa shape index (κ3) is 3.37. The lowest BCUT2D eigenvalue weighted by Gasteiger charge is -2.15. The summed E-state index contributed by atoms with van der Waals surface area (Å²) in [6.45, 7) is 5.78. The van der Waals surface area contributed by atoms with Crippen LogP contribution in [-0.4, -0.2) is 8.42 Å². The monoisotopic (exact) mass is 309 g/mol. The van der Waals surface area contributed by atoms with Crippen molar-refractivity contribution in [2.75, 3.05) is 11.1 Å². The van der Waals surface area contributed by atoms with Gasteiger partial charge in [0.15, 0.2) is 0 Å². The maximum atomic E-state index is 11.3. The molecule has 0 bridgehead atoms. The molecule has 0 saturated heterocycles. The fourth-order valence-electron chi connectivity index (χ4n) is 2.31. The van der Waals surface area contributed by atoms with Crippen molar-refractivity contribution in [2.24, 2.45) is 5.14 Å². The quantitative estimate of drug-likeness (QED) is 0.750. The lowest BCUT2D eigenvalue weighted by atomic mass is 10.1. The number of anilines is 2. The number of nitrogens with one attached hydrogen (secondary N) is 1. The first-order chi connectivity index (χ1) is 9.68. The first-order valence-electron chi connectivity index (χ1n) is 6.44. The Bertz CT molecular complexity index is 766. The van der Waals surface area contributed by atoms with Gasteiger partial charge in [-0.3, -0.25) is 0 Å². The predicted molar refractivity (Wildman–Crippen MR) is 82.4 cm³/mol. The van der Waals surface area contributed by atoms with Crippen molar-refractivity contribution in [1.82, 2.24) is 0 Å². The molecular formula is C14H19N3O3S. The SMILES string of the molecule is Cc1cc(C(C)Nc2ccc(S(N)(=O)=O)c(N)c2)c(C)o1. The average molecular weight is 309 g/mol. The molecular weight excluding hydrogens is 290 g/mol. The van der Waals surface area contributed by atoms with E-state index in [-0.39, 0.29) is 16.6 Å². The minimum Gasteiger partial charge on any atom is -0.466 e. The number of aryl methyl sites for hydroxylation is 2. The van der Waals surface area contributed by atoms with E-state index in [2.05, 4.69) is 5.32 Å². The zero-order chi connectivity index (χ0) is 15.8. The summed E-state index contributed by atoms with van der Waals surface area (Å²) in [5, 5.41) is 8.34. The second-order valence-electron chi connectivity index (χ2n) is 5.03. The Balaban J connectivity index is 2.25. The van der Waals surface area contributed by atoms with E-state index in [0.29, 0.717) is 5.69 Å². The van der Waals surface area contributed by atoms with Crippen LogP contribution in [0.5, 0.6) is 0 Å². The van der Waals surface area contributed by atoms with Crippen molar-refractivity contribution in [3.63, 3.8) is 0 Å². The van der Waals surface area contributed by atoms with Crippen molar-refractivity contribution in [1.29, 1.82) is 0 Å². The number of rotatable bonds is 4. The van der Waals surface area contributed by atoms with Gasteiger partial charge in [0.1, 0.15) is 16.4 Å². The van der Waals surface area contributed by atoms with Crippen LogP contribution < -0.4 is 16.2 Å². The number of hydrogen-bond acceptors (Lipinski definition) is 5. The van der Waals surface area contributed by atoms with Crippen molar-refractivity contribution in [2.45, 2.75) is 31.7 Å². The Labute approximate surface area is 124 Å². The molecule has 6 nitrogen and oxygen atoms in total. The molecule has 7 heteroatoms. The molecule has 21 heavy (non-hydrogen) atoms. The first-order valence-corrected chi connectivity index (χ1v) is 7.99. The van der Waals surface area contributed by atoms with E-state index in [4.69, 9.17) is 15.3 Å². The molecule has 0 aliphatic carbocycles. The molecule has 1 aromatic carbocycles. The Morgan fingerprint density at radius 2 is 1.90 bits per heavy atom. The highest BCUT2D eigenvalue weighted by Crippen LogP contribution is 2.27. The third-order valence-corrected chi connectivity index (χ3v) is 4.23. The van der Waals surface area contributed by atoms with E-state index in [0.717, 1.165) is 17.1 Å². The number of primary sulfonamides is 1. The van der Waals surface area contributed by atoms with E-state index < -0.39 is 10.0 Å². The highest BCUT2D eigenvalue weighted by molar-refractivity contribution is 7.89. The zero-order valence-corrected chi connectivity index (χ0v) is 13.0. The van der Waals surface area contributed by atoms with Gasteiger partial charge in [0.25, 0.3) is 0 Å². The molecule has 114 valence electrons. The van der Waals surface area contributed by atoms with Crippen LogP contribution in [0.1, 0.15) is 30.0 Å². The van der Waals surface area contributed by atoms with Crippen molar-refractivity contribution in [3.8, 4) is 0 Å². The van der Waals surface area contributed by atoms with E-state index in [1.807, 2.05) is 26.8 Å². The molecule has 0 amide bonds. The number of benzene rings is 1. The minimum absolute atomic E-state index is 0.00202. The van der Waals surface area contributed by atoms with Gasteiger partial charge in [-0.05, 0) is 45.0 Å². The summed E-state index contributed by atoms with van der Waals surface area (Å²) >= 11 is 0. The van der Waals surface area contributed by atoms with Crippen LogP contribution in [0.2, 0.25) is 0 Å². The van der Waals surface area contributed by atoms with Gasteiger partial charge >= 0.3 is 0 Å².